The third-order valence-corrected chi connectivity index (χ3v) is 6.25. The average Bonchev–Trinajstić information content (AvgIpc) is 3.20. The summed E-state index contributed by atoms with van der Waals surface area (Å²) < 4.78 is 22.7. The molecular formula is C24H37N3O6. The summed E-state index contributed by atoms with van der Waals surface area (Å²) in [6.45, 7) is 9.20. The van der Waals surface area contributed by atoms with Crippen molar-refractivity contribution in [2.24, 2.45) is 5.92 Å². The normalized spacial score (nSPS) is 24.0. The molecular weight excluding hydrogens is 426 g/mol. The molecule has 4 rings (SSSR count). The maximum absolute atomic E-state index is 13.1. The van der Waals surface area contributed by atoms with E-state index in [9.17, 15) is 9.90 Å². The van der Waals surface area contributed by atoms with Crippen LogP contribution in [-0.2, 0) is 9.47 Å². The fraction of sp³-hybridized carbons (Fsp3) is 0.708. The Morgan fingerprint density at radius 2 is 1.97 bits per heavy atom. The molecule has 9 nitrogen and oxygen atoms in total. The van der Waals surface area contributed by atoms with Gasteiger partial charge in [0.25, 0.3) is 5.91 Å². The molecule has 0 aliphatic carbocycles. The number of ether oxygens (including phenoxy) is 4. The highest BCUT2D eigenvalue weighted by atomic mass is 16.7. The molecule has 0 bridgehead atoms. The lowest BCUT2D eigenvalue weighted by molar-refractivity contribution is -0.0576. The highest BCUT2D eigenvalue weighted by Gasteiger charge is 2.29. The molecule has 33 heavy (non-hydrogen) atoms. The van der Waals surface area contributed by atoms with Crippen LogP contribution in [0.1, 0.15) is 43.5 Å². The Labute approximate surface area is 195 Å². The van der Waals surface area contributed by atoms with E-state index in [0.29, 0.717) is 56.6 Å². The summed E-state index contributed by atoms with van der Waals surface area (Å²) >= 11 is 0. The largest absolute Gasteiger partial charge is 0.489 e. The van der Waals surface area contributed by atoms with E-state index in [1.165, 1.54) is 0 Å². The SMILES string of the molecule is CC(C)Nc1cc2c(c(C(=O)NC[C@@H]3CCN(CCC4OCCO4)CC3O)c1)OCCCO2. The summed E-state index contributed by atoms with van der Waals surface area (Å²) in [4.78, 5) is 15.4. The Balaban J connectivity index is 1.33. The quantitative estimate of drug-likeness (QED) is 0.537. The fourth-order valence-electron chi connectivity index (χ4n) is 4.53. The van der Waals surface area contributed by atoms with E-state index in [1.54, 1.807) is 0 Å². The zero-order chi connectivity index (χ0) is 23.2. The molecule has 0 aromatic heterocycles. The summed E-state index contributed by atoms with van der Waals surface area (Å²) in [7, 11) is 0. The number of nitrogens with one attached hydrogen (secondary N) is 2. The number of nitrogens with zero attached hydrogens (tertiary/aromatic N) is 1. The molecule has 1 amide bonds. The van der Waals surface area contributed by atoms with Crippen molar-refractivity contribution in [3.8, 4) is 11.5 Å². The number of aliphatic hydroxyl groups excluding tert-OH is 1. The smallest absolute Gasteiger partial charge is 0.255 e. The molecule has 2 fully saturated rings. The highest BCUT2D eigenvalue weighted by molar-refractivity contribution is 5.99. The summed E-state index contributed by atoms with van der Waals surface area (Å²) in [6.07, 6.45) is 1.78. The second kappa shape index (κ2) is 11.4. The standard InChI is InChI=1S/C24H37N3O6/c1-16(2)26-18-12-19(23-21(13-18)30-8-3-9-33-23)24(29)25-14-17-4-6-27(15-20(17)28)7-5-22-31-10-11-32-22/h12-13,16-17,20,22,26,28H,3-11,14-15H2,1-2H3,(H,25,29)/t17-,20?/m0/s1. The van der Waals surface area contributed by atoms with Crippen LogP contribution in [0.15, 0.2) is 12.1 Å². The monoisotopic (exact) mass is 463 g/mol. The van der Waals surface area contributed by atoms with Crippen LogP contribution in [0.2, 0.25) is 0 Å². The molecule has 3 aliphatic heterocycles. The number of hydrogen-bond donors (Lipinski definition) is 3. The summed E-state index contributed by atoms with van der Waals surface area (Å²) in [6, 6.07) is 3.92. The zero-order valence-electron chi connectivity index (χ0n) is 19.7. The Morgan fingerprint density at radius 1 is 1.18 bits per heavy atom. The van der Waals surface area contributed by atoms with Gasteiger partial charge in [-0.2, -0.15) is 0 Å². The Hall–Kier alpha value is -2.07. The van der Waals surface area contributed by atoms with Gasteiger partial charge in [0.05, 0.1) is 38.1 Å². The third kappa shape index (κ3) is 6.50. The fourth-order valence-corrected chi connectivity index (χ4v) is 4.53. The van der Waals surface area contributed by atoms with Gasteiger partial charge in [0, 0.05) is 56.2 Å². The van der Waals surface area contributed by atoms with Gasteiger partial charge in [0.15, 0.2) is 17.8 Å². The zero-order valence-corrected chi connectivity index (χ0v) is 19.7. The van der Waals surface area contributed by atoms with Gasteiger partial charge in [-0.25, -0.2) is 0 Å². The number of hydrogen-bond acceptors (Lipinski definition) is 8. The average molecular weight is 464 g/mol. The molecule has 1 aromatic rings. The minimum atomic E-state index is -0.491. The van der Waals surface area contributed by atoms with Gasteiger partial charge in [0.2, 0.25) is 0 Å². The lowest BCUT2D eigenvalue weighted by Crippen LogP contribution is -2.48. The summed E-state index contributed by atoms with van der Waals surface area (Å²) in [5.41, 5.74) is 1.28. The van der Waals surface area contributed by atoms with Crippen molar-refractivity contribution in [1.29, 1.82) is 0 Å². The first-order chi connectivity index (χ1) is 16.0. The van der Waals surface area contributed by atoms with E-state index in [2.05, 4.69) is 15.5 Å². The number of carbonyl (C=O) groups excluding carboxylic acids is 1. The van der Waals surface area contributed by atoms with Crippen molar-refractivity contribution in [1.82, 2.24) is 10.2 Å². The van der Waals surface area contributed by atoms with Crippen LogP contribution in [0, 0.1) is 5.92 Å². The Kier molecular flexibility index (Phi) is 8.29. The van der Waals surface area contributed by atoms with Gasteiger partial charge >= 0.3 is 0 Å². The van der Waals surface area contributed by atoms with Crippen LogP contribution in [0.5, 0.6) is 11.5 Å². The van der Waals surface area contributed by atoms with Gasteiger partial charge in [-0.3, -0.25) is 4.79 Å². The molecule has 9 heteroatoms. The van der Waals surface area contributed by atoms with Crippen molar-refractivity contribution in [3.05, 3.63) is 17.7 Å². The van der Waals surface area contributed by atoms with Crippen molar-refractivity contribution < 1.29 is 28.8 Å². The number of rotatable bonds is 8. The number of piperidine rings is 1. The maximum atomic E-state index is 13.1. The first kappa shape index (κ1) is 24.1. The van der Waals surface area contributed by atoms with Crippen molar-refractivity contribution in [3.63, 3.8) is 0 Å². The molecule has 2 saturated heterocycles. The maximum Gasteiger partial charge on any atom is 0.255 e. The molecule has 184 valence electrons. The number of likely N-dealkylation sites (tertiary alicyclic amines) is 1. The van der Waals surface area contributed by atoms with Crippen LogP contribution in [0.3, 0.4) is 0 Å². The van der Waals surface area contributed by atoms with Crippen LogP contribution in [0.25, 0.3) is 0 Å². The van der Waals surface area contributed by atoms with Crippen molar-refractivity contribution >= 4 is 11.6 Å². The molecule has 3 aliphatic rings. The molecule has 2 atom stereocenters. The first-order valence-corrected chi connectivity index (χ1v) is 12.1. The molecule has 3 N–H and O–H groups in total. The molecule has 3 heterocycles. The van der Waals surface area contributed by atoms with Crippen molar-refractivity contribution in [2.45, 2.75) is 51.5 Å². The second-order valence-corrected chi connectivity index (χ2v) is 9.29. The van der Waals surface area contributed by atoms with Crippen LogP contribution >= 0.6 is 0 Å². The number of carbonyl (C=O) groups is 1. The molecule has 0 spiro atoms. The second-order valence-electron chi connectivity index (χ2n) is 9.29. The molecule has 0 saturated carbocycles. The van der Waals surface area contributed by atoms with Crippen LogP contribution < -0.4 is 20.1 Å². The van der Waals surface area contributed by atoms with Gasteiger partial charge in [-0.15, -0.1) is 0 Å². The molecule has 0 radical (unpaired) electrons. The molecule has 1 aromatic carbocycles. The van der Waals surface area contributed by atoms with Gasteiger partial charge in [0.1, 0.15) is 0 Å². The van der Waals surface area contributed by atoms with E-state index < -0.39 is 6.10 Å². The lowest BCUT2D eigenvalue weighted by atomic mass is 9.93. The van der Waals surface area contributed by atoms with Crippen LogP contribution in [-0.4, -0.2) is 87.0 Å². The van der Waals surface area contributed by atoms with Gasteiger partial charge in [-0.1, -0.05) is 0 Å². The Bertz CT molecular complexity index is 799. The minimum Gasteiger partial charge on any atom is -0.489 e. The number of amides is 1. The van der Waals surface area contributed by atoms with Gasteiger partial charge < -0.3 is 39.6 Å². The highest BCUT2D eigenvalue weighted by Crippen LogP contribution is 2.37. The Morgan fingerprint density at radius 3 is 2.73 bits per heavy atom. The van der Waals surface area contributed by atoms with Crippen LogP contribution in [0.4, 0.5) is 5.69 Å². The topological polar surface area (TPSA) is 102 Å². The predicted molar refractivity (Wildman–Crippen MR) is 124 cm³/mol. The van der Waals surface area contributed by atoms with Gasteiger partial charge in [-0.05, 0) is 32.9 Å². The van der Waals surface area contributed by atoms with E-state index in [4.69, 9.17) is 18.9 Å². The lowest BCUT2D eigenvalue weighted by Gasteiger charge is -2.36. The number of benzene rings is 1. The van der Waals surface area contributed by atoms with E-state index in [1.807, 2.05) is 26.0 Å². The molecule has 1 unspecified atom stereocenters. The third-order valence-electron chi connectivity index (χ3n) is 6.25. The summed E-state index contributed by atoms with van der Waals surface area (Å²) in [5.74, 6) is 0.879. The van der Waals surface area contributed by atoms with Crippen molar-refractivity contribution in [2.75, 3.05) is 57.9 Å². The minimum absolute atomic E-state index is 0.0110. The number of β-amino-alcohol motifs (C(OH)–C–C–N with tert-alkyl or cyclic N) is 1. The number of aliphatic hydroxyl groups is 1. The first-order valence-electron chi connectivity index (χ1n) is 12.1. The predicted octanol–water partition coefficient (Wildman–Crippen LogP) is 1.84. The summed E-state index contributed by atoms with van der Waals surface area (Å²) in [5, 5.41) is 17.0. The number of fused-ring (bicyclic) bond motifs is 1. The number of anilines is 1. The van der Waals surface area contributed by atoms with E-state index in [-0.39, 0.29) is 24.2 Å². The van der Waals surface area contributed by atoms with E-state index in [0.717, 1.165) is 38.0 Å². The van der Waals surface area contributed by atoms with E-state index >= 15 is 0 Å².